The lowest BCUT2D eigenvalue weighted by Crippen LogP contribution is -2.29. The minimum atomic E-state index is -0.403. The van der Waals surface area contributed by atoms with Crippen molar-refractivity contribution in [2.24, 2.45) is 5.73 Å². The van der Waals surface area contributed by atoms with Crippen LogP contribution in [0.4, 0.5) is 5.69 Å². The van der Waals surface area contributed by atoms with Gasteiger partial charge in [0.05, 0.1) is 15.7 Å². The molecule has 1 aromatic rings. The average Bonchev–Trinajstić information content (AvgIpc) is 2.42. The summed E-state index contributed by atoms with van der Waals surface area (Å²) in [5.41, 5.74) is 7.41. The molecule has 0 atom stereocenters. The zero-order valence-corrected chi connectivity index (χ0v) is 10.9. The van der Waals surface area contributed by atoms with E-state index in [-0.39, 0.29) is 15.7 Å². The van der Waals surface area contributed by atoms with Gasteiger partial charge in [-0.25, -0.2) is 5.01 Å². The van der Waals surface area contributed by atoms with Gasteiger partial charge in [0, 0.05) is 0 Å². The first-order valence-electron chi connectivity index (χ1n) is 4.80. The van der Waals surface area contributed by atoms with E-state index in [9.17, 15) is 4.79 Å². The van der Waals surface area contributed by atoms with Crippen molar-refractivity contribution in [1.29, 1.82) is 10.5 Å². The standard InChI is InChI=1S/C11H7Cl2N5O/c12-7-2-1-3-9(11(7)13)17-18(6-19)10(5-15)8(16)4-14/h1-3,6,17H,16H2/b10-8-. The number of carbonyl (C=O) groups is 1. The molecule has 0 aliphatic rings. The molecule has 3 N–H and O–H groups in total. The minimum Gasteiger partial charge on any atom is -0.388 e. The normalized spacial score (nSPS) is 10.7. The zero-order chi connectivity index (χ0) is 14.4. The summed E-state index contributed by atoms with van der Waals surface area (Å²) < 4.78 is 0. The van der Waals surface area contributed by atoms with Crippen LogP contribution in [0.1, 0.15) is 0 Å². The molecule has 1 amide bonds. The monoisotopic (exact) mass is 295 g/mol. The third-order valence-corrected chi connectivity index (χ3v) is 2.84. The maximum atomic E-state index is 11.0. The lowest BCUT2D eigenvalue weighted by molar-refractivity contribution is -0.115. The predicted octanol–water partition coefficient (Wildman–Crippen LogP) is 2.00. The Morgan fingerprint density at radius 3 is 2.58 bits per heavy atom. The third kappa shape index (κ3) is 3.29. The van der Waals surface area contributed by atoms with E-state index in [1.807, 2.05) is 0 Å². The number of nitriles is 2. The molecule has 1 aromatic carbocycles. The van der Waals surface area contributed by atoms with Gasteiger partial charge in [0.25, 0.3) is 0 Å². The lowest BCUT2D eigenvalue weighted by Gasteiger charge is -2.19. The molecule has 0 unspecified atom stereocenters. The first kappa shape index (κ1) is 14.7. The molecule has 0 aliphatic heterocycles. The number of benzene rings is 1. The Hall–Kier alpha value is -2.41. The van der Waals surface area contributed by atoms with Crippen LogP contribution in [0.25, 0.3) is 0 Å². The van der Waals surface area contributed by atoms with E-state index in [1.54, 1.807) is 30.3 Å². The average molecular weight is 296 g/mol. The molecule has 0 spiro atoms. The quantitative estimate of drug-likeness (QED) is 0.502. The van der Waals surface area contributed by atoms with Crippen molar-refractivity contribution in [2.75, 3.05) is 5.43 Å². The van der Waals surface area contributed by atoms with Crippen molar-refractivity contribution >= 4 is 35.3 Å². The molecule has 6 nitrogen and oxygen atoms in total. The van der Waals surface area contributed by atoms with Gasteiger partial charge in [-0.05, 0) is 12.1 Å². The van der Waals surface area contributed by atoms with Gasteiger partial charge < -0.3 is 5.73 Å². The van der Waals surface area contributed by atoms with E-state index in [0.717, 1.165) is 5.01 Å². The highest BCUT2D eigenvalue weighted by molar-refractivity contribution is 6.43. The summed E-state index contributed by atoms with van der Waals surface area (Å²) in [5, 5.41) is 18.7. The number of hydrogen-bond acceptors (Lipinski definition) is 5. The molecule has 96 valence electrons. The minimum absolute atomic E-state index is 0.170. The van der Waals surface area contributed by atoms with Crippen molar-refractivity contribution in [3.8, 4) is 12.1 Å². The van der Waals surface area contributed by atoms with Gasteiger partial charge in [-0.15, -0.1) is 0 Å². The number of anilines is 1. The Morgan fingerprint density at radius 2 is 2.05 bits per heavy atom. The number of rotatable bonds is 4. The summed E-state index contributed by atoms with van der Waals surface area (Å²) in [6.07, 6.45) is 0.292. The fraction of sp³-hybridized carbons (Fsp3) is 0. The summed E-state index contributed by atoms with van der Waals surface area (Å²) in [7, 11) is 0. The highest BCUT2D eigenvalue weighted by atomic mass is 35.5. The summed E-state index contributed by atoms with van der Waals surface area (Å²) >= 11 is 11.7. The molecule has 0 fully saturated rings. The van der Waals surface area contributed by atoms with Gasteiger partial charge in [0.15, 0.2) is 5.70 Å². The molecular weight excluding hydrogens is 289 g/mol. The van der Waals surface area contributed by atoms with E-state index < -0.39 is 5.70 Å². The van der Waals surface area contributed by atoms with Crippen LogP contribution >= 0.6 is 23.2 Å². The Bertz CT molecular complexity index is 614. The molecule has 0 heterocycles. The Morgan fingerprint density at radius 1 is 1.37 bits per heavy atom. The smallest absolute Gasteiger partial charge is 0.233 e. The second kappa shape index (κ2) is 6.50. The van der Waals surface area contributed by atoms with Crippen LogP contribution < -0.4 is 11.2 Å². The predicted molar refractivity (Wildman–Crippen MR) is 70.4 cm³/mol. The molecule has 0 saturated carbocycles. The van der Waals surface area contributed by atoms with Crippen LogP contribution in [0.15, 0.2) is 29.6 Å². The van der Waals surface area contributed by atoms with Crippen LogP contribution in [0.5, 0.6) is 0 Å². The molecule has 1 rings (SSSR count). The molecule has 0 radical (unpaired) electrons. The first-order valence-corrected chi connectivity index (χ1v) is 5.55. The fourth-order valence-electron chi connectivity index (χ4n) is 1.15. The molecule has 0 bridgehead atoms. The molecular formula is C11H7Cl2N5O. The summed E-state index contributed by atoms with van der Waals surface area (Å²) in [4.78, 5) is 11.0. The maximum absolute atomic E-state index is 11.0. The second-order valence-electron chi connectivity index (χ2n) is 3.17. The zero-order valence-electron chi connectivity index (χ0n) is 9.39. The van der Waals surface area contributed by atoms with E-state index in [0.29, 0.717) is 12.1 Å². The van der Waals surface area contributed by atoms with Gasteiger partial charge in [-0.3, -0.25) is 10.2 Å². The van der Waals surface area contributed by atoms with Gasteiger partial charge in [0.1, 0.15) is 17.8 Å². The summed E-state index contributed by atoms with van der Waals surface area (Å²) in [6, 6.07) is 7.93. The number of allylic oxidation sites excluding steroid dienone is 2. The van der Waals surface area contributed by atoms with Crippen LogP contribution in [0, 0.1) is 22.7 Å². The number of nitrogens with one attached hydrogen (secondary N) is 1. The van der Waals surface area contributed by atoms with Crippen molar-refractivity contribution in [1.82, 2.24) is 5.01 Å². The number of amides is 1. The van der Waals surface area contributed by atoms with E-state index in [4.69, 9.17) is 39.5 Å². The number of halogens is 2. The highest BCUT2D eigenvalue weighted by Crippen LogP contribution is 2.30. The van der Waals surface area contributed by atoms with Crippen molar-refractivity contribution in [2.45, 2.75) is 0 Å². The molecule has 0 aliphatic carbocycles. The molecule has 0 aromatic heterocycles. The number of hydrazine groups is 1. The number of hydrogen-bond donors (Lipinski definition) is 2. The van der Waals surface area contributed by atoms with Gasteiger partial charge >= 0.3 is 0 Å². The van der Waals surface area contributed by atoms with Crippen molar-refractivity contribution < 1.29 is 4.79 Å². The number of nitrogens with zero attached hydrogens (tertiary/aromatic N) is 3. The largest absolute Gasteiger partial charge is 0.388 e. The van der Waals surface area contributed by atoms with Gasteiger partial charge in [-0.2, -0.15) is 10.5 Å². The number of nitrogens with two attached hydrogens (primary N) is 1. The van der Waals surface area contributed by atoms with Crippen molar-refractivity contribution in [3.63, 3.8) is 0 Å². The SMILES string of the molecule is N#C/C(N)=C(\C#N)N(C=O)Nc1cccc(Cl)c1Cl. The Kier molecular flexibility index (Phi) is 5.01. The van der Waals surface area contributed by atoms with Crippen LogP contribution in [-0.2, 0) is 4.79 Å². The van der Waals surface area contributed by atoms with Crippen LogP contribution in [-0.4, -0.2) is 11.4 Å². The Balaban J connectivity index is 3.15. The molecule has 8 heteroatoms. The first-order chi connectivity index (χ1) is 9.04. The number of carbonyl (C=O) groups excluding carboxylic acids is 1. The van der Waals surface area contributed by atoms with Crippen LogP contribution in [0.3, 0.4) is 0 Å². The second-order valence-corrected chi connectivity index (χ2v) is 3.96. The highest BCUT2D eigenvalue weighted by Gasteiger charge is 2.14. The Labute approximate surface area is 119 Å². The van der Waals surface area contributed by atoms with E-state index >= 15 is 0 Å². The van der Waals surface area contributed by atoms with Crippen LogP contribution in [0.2, 0.25) is 10.0 Å². The molecule has 19 heavy (non-hydrogen) atoms. The lowest BCUT2D eigenvalue weighted by atomic mass is 10.3. The topological polar surface area (TPSA) is 106 Å². The van der Waals surface area contributed by atoms with Crippen molar-refractivity contribution in [3.05, 3.63) is 39.6 Å². The molecule has 0 saturated heterocycles. The summed E-state index contributed by atoms with van der Waals surface area (Å²) in [6.45, 7) is 0. The fourth-order valence-corrected chi connectivity index (χ4v) is 1.49. The van der Waals surface area contributed by atoms with E-state index in [2.05, 4.69) is 5.43 Å². The third-order valence-electron chi connectivity index (χ3n) is 2.02. The van der Waals surface area contributed by atoms with Gasteiger partial charge in [0.2, 0.25) is 6.41 Å². The van der Waals surface area contributed by atoms with E-state index in [1.165, 1.54) is 0 Å². The summed E-state index contributed by atoms with van der Waals surface area (Å²) in [5.74, 6) is 0. The van der Waals surface area contributed by atoms with Gasteiger partial charge in [-0.1, -0.05) is 29.3 Å². The maximum Gasteiger partial charge on any atom is 0.233 e.